The lowest BCUT2D eigenvalue weighted by atomic mass is 9.95. The number of rotatable bonds is 3. The lowest BCUT2D eigenvalue weighted by molar-refractivity contribution is -0.967. The second kappa shape index (κ2) is 6.81. The molecule has 26 heavy (non-hydrogen) atoms. The molecule has 3 N–H and O–H groups in total. The molecule has 7 heteroatoms. The van der Waals surface area contributed by atoms with Crippen molar-refractivity contribution >= 4 is 0 Å². The van der Waals surface area contributed by atoms with Crippen LogP contribution in [-0.2, 0) is 6.18 Å². The Morgan fingerprint density at radius 1 is 0.885 bits per heavy atom. The van der Waals surface area contributed by atoms with Crippen LogP contribution < -0.4 is 19.7 Å². The van der Waals surface area contributed by atoms with Gasteiger partial charge >= 0.3 is 6.18 Å². The Morgan fingerprint density at radius 2 is 1.54 bits per heavy atom. The van der Waals surface area contributed by atoms with Crippen LogP contribution >= 0.6 is 0 Å². The first-order valence-electron chi connectivity index (χ1n) is 8.75. The molecular formula is C19H21F3N2O2+2. The molecule has 2 heterocycles. The highest BCUT2D eigenvalue weighted by Gasteiger charge is 2.33. The van der Waals surface area contributed by atoms with E-state index >= 15 is 0 Å². The van der Waals surface area contributed by atoms with E-state index in [2.05, 4.69) is 5.32 Å². The molecule has 0 spiro atoms. The molecule has 0 amide bonds. The number of piperazine rings is 1. The van der Waals surface area contributed by atoms with Crippen molar-refractivity contribution in [3.8, 4) is 11.5 Å². The lowest BCUT2D eigenvalue weighted by Gasteiger charge is -2.31. The fourth-order valence-electron chi connectivity index (χ4n) is 3.75. The van der Waals surface area contributed by atoms with Gasteiger partial charge in [0.05, 0.1) is 5.56 Å². The predicted octanol–water partition coefficient (Wildman–Crippen LogP) is 0.985. The van der Waals surface area contributed by atoms with Crippen molar-refractivity contribution in [2.75, 3.05) is 33.0 Å². The second-order valence-corrected chi connectivity index (χ2v) is 6.69. The molecule has 0 saturated carbocycles. The summed E-state index contributed by atoms with van der Waals surface area (Å²) in [5.41, 5.74) is 1.30. The van der Waals surface area contributed by atoms with Crippen LogP contribution in [-0.4, -0.2) is 33.0 Å². The first kappa shape index (κ1) is 17.2. The van der Waals surface area contributed by atoms with E-state index in [1.54, 1.807) is 12.1 Å². The van der Waals surface area contributed by atoms with Gasteiger partial charge in [-0.2, -0.15) is 13.2 Å². The zero-order chi connectivity index (χ0) is 18.1. The molecule has 2 aromatic carbocycles. The Labute approximate surface area is 149 Å². The second-order valence-electron chi connectivity index (χ2n) is 6.69. The SMILES string of the molecule is FC(F)(F)c1ccc([C@@H](c2ccc3c(c2)OCO3)[NH+]2CC[NH2+]CC2)cc1. The van der Waals surface area contributed by atoms with Crippen LogP contribution in [0.5, 0.6) is 11.5 Å². The van der Waals surface area contributed by atoms with E-state index < -0.39 is 11.7 Å². The average molecular weight is 366 g/mol. The smallest absolute Gasteiger partial charge is 0.416 e. The number of nitrogens with two attached hydrogens (primary N) is 1. The predicted molar refractivity (Wildman–Crippen MR) is 88.2 cm³/mol. The summed E-state index contributed by atoms with van der Waals surface area (Å²) in [6.45, 7) is 4.14. The Bertz CT molecular complexity index is 771. The van der Waals surface area contributed by atoms with Gasteiger partial charge in [0.25, 0.3) is 0 Å². The van der Waals surface area contributed by atoms with Crippen LogP contribution in [0, 0.1) is 0 Å². The standard InChI is InChI=1S/C19H19F3N2O2/c20-19(21,22)15-4-1-13(2-5-15)18(24-9-7-23-8-10-24)14-3-6-16-17(11-14)26-12-25-16/h1-6,11,18,23H,7-10,12H2/p+2/t18-/m0/s1. The monoisotopic (exact) mass is 366 g/mol. The van der Waals surface area contributed by atoms with Crippen LogP contribution in [0.15, 0.2) is 42.5 Å². The number of fused-ring (bicyclic) bond motifs is 1. The van der Waals surface area contributed by atoms with Crippen molar-refractivity contribution in [3.63, 3.8) is 0 Å². The van der Waals surface area contributed by atoms with E-state index in [4.69, 9.17) is 9.47 Å². The molecule has 4 nitrogen and oxygen atoms in total. The lowest BCUT2D eigenvalue weighted by Crippen LogP contribution is -3.20. The van der Waals surface area contributed by atoms with Crippen LogP contribution in [0.25, 0.3) is 0 Å². The van der Waals surface area contributed by atoms with E-state index in [-0.39, 0.29) is 12.8 Å². The summed E-state index contributed by atoms with van der Waals surface area (Å²) in [5, 5.41) is 2.27. The van der Waals surface area contributed by atoms with E-state index in [0.717, 1.165) is 37.3 Å². The van der Waals surface area contributed by atoms with Gasteiger partial charge in [0.15, 0.2) is 11.5 Å². The molecule has 138 valence electrons. The van der Waals surface area contributed by atoms with Crippen molar-refractivity contribution in [1.29, 1.82) is 0 Å². The molecule has 4 rings (SSSR count). The fraction of sp³-hybridized carbons (Fsp3) is 0.368. The number of alkyl halides is 3. The third-order valence-corrected chi connectivity index (χ3v) is 5.05. The minimum Gasteiger partial charge on any atom is -0.454 e. The van der Waals surface area contributed by atoms with Crippen molar-refractivity contribution in [2.24, 2.45) is 0 Å². The Hall–Kier alpha value is -2.25. The molecule has 0 unspecified atom stereocenters. The van der Waals surface area contributed by atoms with Gasteiger partial charge in [-0.25, -0.2) is 0 Å². The highest BCUT2D eigenvalue weighted by molar-refractivity contribution is 5.46. The first-order chi connectivity index (χ1) is 12.5. The van der Waals surface area contributed by atoms with E-state index in [1.807, 2.05) is 18.2 Å². The summed E-state index contributed by atoms with van der Waals surface area (Å²) in [4.78, 5) is 1.35. The number of halogens is 3. The largest absolute Gasteiger partial charge is 0.454 e. The highest BCUT2D eigenvalue weighted by atomic mass is 19.4. The third-order valence-electron chi connectivity index (χ3n) is 5.05. The molecular weight excluding hydrogens is 345 g/mol. The molecule has 2 aliphatic heterocycles. The Kier molecular flexibility index (Phi) is 4.50. The number of benzene rings is 2. The van der Waals surface area contributed by atoms with Gasteiger partial charge in [-0.1, -0.05) is 12.1 Å². The van der Waals surface area contributed by atoms with Gasteiger partial charge in [0, 0.05) is 11.1 Å². The fourth-order valence-corrected chi connectivity index (χ4v) is 3.75. The maximum atomic E-state index is 12.9. The van der Waals surface area contributed by atoms with E-state index in [0.29, 0.717) is 11.5 Å². The quantitative estimate of drug-likeness (QED) is 0.850. The molecule has 1 saturated heterocycles. The highest BCUT2D eigenvalue weighted by Crippen LogP contribution is 2.35. The summed E-state index contributed by atoms with van der Waals surface area (Å²) >= 11 is 0. The van der Waals surface area contributed by atoms with Crippen molar-refractivity contribution in [3.05, 3.63) is 59.2 Å². The summed E-state index contributed by atoms with van der Waals surface area (Å²) in [7, 11) is 0. The molecule has 0 aliphatic carbocycles. The van der Waals surface area contributed by atoms with Crippen LogP contribution in [0.1, 0.15) is 22.7 Å². The molecule has 1 fully saturated rings. The summed E-state index contributed by atoms with van der Waals surface area (Å²) in [5.74, 6) is 1.41. The number of quaternary nitrogens is 2. The first-order valence-corrected chi connectivity index (χ1v) is 8.75. The average Bonchev–Trinajstić information content (AvgIpc) is 3.10. The third kappa shape index (κ3) is 3.37. The minimum atomic E-state index is -4.32. The molecule has 2 aromatic rings. The molecule has 1 atom stereocenters. The van der Waals surface area contributed by atoms with Gasteiger partial charge < -0.3 is 19.7 Å². The van der Waals surface area contributed by atoms with Gasteiger partial charge in [-0.15, -0.1) is 0 Å². The zero-order valence-electron chi connectivity index (χ0n) is 14.2. The maximum Gasteiger partial charge on any atom is 0.416 e. The molecule has 0 bridgehead atoms. The number of ether oxygens (including phenoxy) is 2. The summed E-state index contributed by atoms with van der Waals surface area (Å²) in [6, 6.07) is 11.3. The van der Waals surface area contributed by atoms with Crippen molar-refractivity contribution < 1.29 is 32.9 Å². The van der Waals surface area contributed by atoms with Crippen LogP contribution in [0.2, 0.25) is 0 Å². The Morgan fingerprint density at radius 3 is 2.23 bits per heavy atom. The van der Waals surface area contributed by atoms with E-state index in [1.165, 1.54) is 17.0 Å². The van der Waals surface area contributed by atoms with Crippen LogP contribution in [0.4, 0.5) is 13.2 Å². The van der Waals surface area contributed by atoms with Gasteiger partial charge in [-0.3, -0.25) is 0 Å². The topological polar surface area (TPSA) is 39.5 Å². The van der Waals surface area contributed by atoms with Crippen molar-refractivity contribution in [1.82, 2.24) is 0 Å². The molecule has 0 radical (unpaired) electrons. The Balaban J connectivity index is 1.71. The number of hydrogen-bond acceptors (Lipinski definition) is 2. The normalized spacial score (nSPS) is 18.7. The van der Waals surface area contributed by atoms with Crippen molar-refractivity contribution in [2.45, 2.75) is 12.2 Å². The molecule has 0 aromatic heterocycles. The summed E-state index contributed by atoms with van der Waals surface area (Å²) < 4.78 is 49.6. The maximum absolute atomic E-state index is 12.9. The number of hydrogen-bond donors (Lipinski definition) is 2. The van der Waals surface area contributed by atoms with Gasteiger partial charge in [0.1, 0.15) is 32.2 Å². The number of nitrogens with one attached hydrogen (secondary N) is 1. The molecule has 2 aliphatic rings. The van der Waals surface area contributed by atoms with Gasteiger partial charge in [-0.05, 0) is 30.3 Å². The van der Waals surface area contributed by atoms with E-state index in [9.17, 15) is 13.2 Å². The summed E-state index contributed by atoms with van der Waals surface area (Å²) in [6.07, 6.45) is -4.32. The van der Waals surface area contributed by atoms with Crippen LogP contribution in [0.3, 0.4) is 0 Å². The zero-order valence-corrected chi connectivity index (χ0v) is 14.2. The minimum absolute atomic E-state index is 0.0273. The van der Waals surface area contributed by atoms with Gasteiger partial charge in [0.2, 0.25) is 6.79 Å².